The number of aromatic nitrogens is 2. The number of esters is 1. The second kappa shape index (κ2) is 12.8. The van der Waals surface area contributed by atoms with Gasteiger partial charge in [0.25, 0.3) is 0 Å². The summed E-state index contributed by atoms with van der Waals surface area (Å²) in [4.78, 5) is 19.0. The van der Waals surface area contributed by atoms with Crippen molar-refractivity contribution in [2.75, 3.05) is 69.7 Å². The van der Waals surface area contributed by atoms with E-state index < -0.39 is 0 Å². The summed E-state index contributed by atoms with van der Waals surface area (Å²) in [7, 11) is 1.48. The molecule has 2 aliphatic carbocycles. The van der Waals surface area contributed by atoms with Crippen molar-refractivity contribution < 1.29 is 14.6 Å². The molecule has 6 aliphatic rings. The lowest BCUT2D eigenvalue weighted by atomic mass is 9.52. The number of carbonyl (C=O) groups is 1. The Morgan fingerprint density at radius 2 is 1.70 bits per heavy atom. The van der Waals surface area contributed by atoms with E-state index in [-0.39, 0.29) is 17.6 Å². The van der Waals surface area contributed by atoms with E-state index in [4.69, 9.17) is 0 Å². The van der Waals surface area contributed by atoms with Crippen molar-refractivity contribution in [3.63, 3.8) is 0 Å². The van der Waals surface area contributed by atoms with Crippen molar-refractivity contribution in [1.82, 2.24) is 25.3 Å². The fourth-order valence-electron chi connectivity index (χ4n) is 8.66. The van der Waals surface area contributed by atoms with Gasteiger partial charge in [-0.25, -0.2) is 0 Å². The van der Waals surface area contributed by atoms with E-state index in [0.717, 1.165) is 67.8 Å². The molecular formula is C34H49N7O3. The zero-order valence-corrected chi connectivity index (χ0v) is 26.2. The number of phenols is 1. The Morgan fingerprint density at radius 3 is 2.41 bits per heavy atom. The number of nitrogens with one attached hydrogen (secondary N) is 2. The lowest BCUT2D eigenvalue weighted by Gasteiger charge is -2.53. The third-order valence-electron chi connectivity index (χ3n) is 11.4. The Morgan fingerprint density at radius 1 is 0.955 bits per heavy atom. The summed E-state index contributed by atoms with van der Waals surface area (Å²) in [6.45, 7) is 8.97. The third kappa shape index (κ3) is 6.00. The fraction of sp³-hybridized carbons (Fsp3) is 0.676. The average molecular weight is 604 g/mol. The summed E-state index contributed by atoms with van der Waals surface area (Å²) in [5, 5.41) is 26.1. The number of likely N-dealkylation sites (tertiary alicyclic amines) is 1. The Balaban J connectivity index is 0.000000239. The highest BCUT2D eigenvalue weighted by Crippen LogP contribution is 2.58. The molecule has 238 valence electrons. The van der Waals surface area contributed by atoms with Gasteiger partial charge < -0.3 is 30.3 Å². The standard InChI is InChI=1S/C25H35N7O.C9H14O2/c33-24-4-2-1-3-21(24)22-15-23-25(29-28-22)27-16-20-17-31(13-14-32(20)23)19-7-11-30(12-8-19)18-5-9-26-10-6-18;1-11-8(10)7-5-9(6-7)3-2-4-9/h1-4,15,18-20,26,33H,5-14,16-17H2,(H,27,29);7H,2-6H2,1H3/t20-;/m0./s1. The largest absolute Gasteiger partial charge is 0.507 e. The number of rotatable bonds is 4. The smallest absolute Gasteiger partial charge is 0.308 e. The minimum atomic E-state index is 0.00234. The van der Waals surface area contributed by atoms with E-state index in [1.165, 1.54) is 78.2 Å². The summed E-state index contributed by atoms with van der Waals surface area (Å²) < 4.78 is 4.68. The van der Waals surface area contributed by atoms with Crippen LogP contribution >= 0.6 is 0 Å². The number of para-hydroxylation sites is 1. The van der Waals surface area contributed by atoms with Gasteiger partial charge in [0, 0.05) is 43.8 Å². The van der Waals surface area contributed by atoms with E-state index in [0.29, 0.717) is 17.5 Å². The van der Waals surface area contributed by atoms with Crippen molar-refractivity contribution in [1.29, 1.82) is 0 Å². The van der Waals surface area contributed by atoms with Gasteiger partial charge in [-0.1, -0.05) is 18.6 Å². The minimum absolute atomic E-state index is 0.00234. The molecule has 0 amide bonds. The first-order valence-electron chi connectivity index (χ1n) is 17.0. The van der Waals surface area contributed by atoms with Crippen LogP contribution in [0.3, 0.4) is 0 Å². The van der Waals surface area contributed by atoms with Crippen LogP contribution in [0.25, 0.3) is 11.3 Å². The number of carbonyl (C=O) groups excluding carboxylic acids is 1. The molecule has 4 aliphatic heterocycles. The molecule has 1 atom stereocenters. The lowest BCUT2D eigenvalue weighted by Crippen LogP contribution is -2.61. The number of anilines is 2. The maximum absolute atomic E-state index is 11.0. The molecule has 1 aromatic carbocycles. The Hall–Kier alpha value is -2.95. The third-order valence-corrected chi connectivity index (χ3v) is 11.4. The van der Waals surface area contributed by atoms with Crippen LogP contribution in [0.1, 0.15) is 57.8 Å². The Bertz CT molecular complexity index is 1300. The van der Waals surface area contributed by atoms with E-state index in [1.807, 2.05) is 18.2 Å². The summed E-state index contributed by atoms with van der Waals surface area (Å²) in [6, 6.07) is 11.4. The molecule has 3 saturated heterocycles. The fourth-order valence-corrected chi connectivity index (χ4v) is 8.66. The number of nitrogens with zero attached hydrogens (tertiary/aromatic N) is 5. The van der Waals surface area contributed by atoms with Crippen molar-refractivity contribution in [3.8, 4) is 17.0 Å². The number of ether oxygens (including phenoxy) is 1. The van der Waals surface area contributed by atoms with E-state index in [1.54, 1.807) is 6.07 Å². The quantitative estimate of drug-likeness (QED) is 0.448. The number of piperidine rings is 2. The SMILES string of the molecule is COC(=O)C1CC2(CCC2)C1.Oc1ccccc1-c1cc2c(nn1)NC[C@H]1CN(C3CCN(C4CCNCC4)CC3)CCN21. The monoisotopic (exact) mass is 603 g/mol. The predicted octanol–water partition coefficient (Wildman–Crippen LogP) is 3.72. The van der Waals surface area contributed by atoms with Gasteiger partial charge in [0.2, 0.25) is 0 Å². The van der Waals surface area contributed by atoms with Crippen LogP contribution in [0.2, 0.25) is 0 Å². The van der Waals surface area contributed by atoms with Crippen molar-refractivity contribution in [2.45, 2.75) is 75.9 Å². The molecule has 2 aromatic rings. The van der Waals surface area contributed by atoms with Crippen LogP contribution in [-0.4, -0.2) is 109 Å². The van der Waals surface area contributed by atoms with Gasteiger partial charge in [0.1, 0.15) is 5.75 Å². The van der Waals surface area contributed by atoms with Crippen LogP contribution in [0.4, 0.5) is 11.5 Å². The van der Waals surface area contributed by atoms with Crippen molar-refractivity contribution in [3.05, 3.63) is 30.3 Å². The van der Waals surface area contributed by atoms with Crippen LogP contribution in [0.5, 0.6) is 5.75 Å². The number of benzene rings is 1. The Kier molecular flexibility index (Phi) is 8.66. The first-order valence-corrected chi connectivity index (χ1v) is 17.0. The number of phenolic OH excluding ortho intramolecular Hbond substituents is 1. The van der Waals surface area contributed by atoms with Gasteiger partial charge in [0.05, 0.1) is 30.5 Å². The van der Waals surface area contributed by atoms with Gasteiger partial charge >= 0.3 is 5.97 Å². The number of aromatic hydroxyl groups is 1. The molecule has 10 nitrogen and oxygen atoms in total. The summed E-state index contributed by atoms with van der Waals surface area (Å²) in [6.07, 6.45) is 11.5. The van der Waals surface area contributed by atoms with Gasteiger partial charge in [-0.3, -0.25) is 9.69 Å². The molecule has 5 heterocycles. The maximum Gasteiger partial charge on any atom is 0.308 e. The molecule has 10 heteroatoms. The second-order valence-electron chi connectivity index (χ2n) is 13.9. The zero-order valence-electron chi connectivity index (χ0n) is 26.2. The van der Waals surface area contributed by atoms with Gasteiger partial charge in [-0.2, -0.15) is 0 Å². The van der Waals surface area contributed by atoms with Crippen LogP contribution in [-0.2, 0) is 9.53 Å². The summed E-state index contributed by atoms with van der Waals surface area (Å²) >= 11 is 0. The average Bonchev–Trinajstić information content (AvgIpc) is 3.04. The molecule has 3 N–H and O–H groups in total. The molecule has 0 radical (unpaired) electrons. The molecule has 1 spiro atoms. The number of hydrogen-bond donors (Lipinski definition) is 3. The summed E-state index contributed by atoms with van der Waals surface area (Å²) in [5.41, 5.74) is 3.16. The molecule has 0 bridgehead atoms. The first kappa shape index (κ1) is 29.7. The molecule has 8 rings (SSSR count). The number of piperazine rings is 1. The highest BCUT2D eigenvalue weighted by Gasteiger charge is 2.51. The van der Waals surface area contributed by atoms with Crippen LogP contribution < -0.4 is 15.5 Å². The normalized spacial score (nSPS) is 25.8. The van der Waals surface area contributed by atoms with E-state index >= 15 is 0 Å². The highest BCUT2D eigenvalue weighted by molar-refractivity contribution is 5.76. The lowest BCUT2D eigenvalue weighted by molar-refractivity contribution is -0.158. The number of fused-ring (bicyclic) bond motifs is 3. The number of methoxy groups -OCH3 is 1. The highest BCUT2D eigenvalue weighted by atomic mass is 16.5. The molecule has 5 fully saturated rings. The topological polar surface area (TPSA) is 106 Å². The molecule has 44 heavy (non-hydrogen) atoms. The Labute approximate surface area is 261 Å². The van der Waals surface area contributed by atoms with Crippen molar-refractivity contribution in [2.24, 2.45) is 11.3 Å². The maximum atomic E-state index is 11.0. The van der Waals surface area contributed by atoms with E-state index in [2.05, 4.69) is 46.3 Å². The minimum Gasteiger partial charge on any atom is -0.507 e. The predicted molar refractivity (Wildman–Crippen MR) is 172 cm³/mol. The van der Waals surface area contributed by atoms with Crippen LogP contribution in [0, 0.1) is 11.3 Å². The molecular weight excluding hydrogens is 554 g/mol. The van der Waals surface area contributed by atoms with Gasteiger partial charge in [-0.05, 0) is 101 Å². The van der Waals surface area contributed by atoms with E-state index in [9.17, 15) is 9.90 Å². The zero-order chi connectivity index (χ0) is 30.1. The second-order valence-corrected chi connectivity index (χ2v) is 13.9. The molecule has 0 unspecified atom stereocenters. The first-order chi connectivity index (χ1) is 21.5. The van der Waals surface area contributed by atoms with Gasteiger partial charge in [0.15, 0.2) is 5.82 Å². The molecule has 1 aromatic heterocycles. The molecule has 2 saturated carbocycles. The summed E-state index contributed by atoms with van der Waals surface area (Å²) in [5.74, 6) is 1.34. The van der Waals surface area contributed by atoms with Gasteiger partial charge in [-0.15, -0.1) is 10.2 Å². The number of hydrogen-bond acceptors (Lipinski definition) is 10. The van der Waals surface area contributed by atoms with Crippen LogP contribution in [0.15, 0.2) is 30.3 Å². The van der Waals surface area contributed by atoms with Crippen molar-refractivity contribution >= 4 is 17.5 Å².